The van der Waals surface area contributed by atoms with Gasteiger partial charge in [-0.25, -0.2) is 8.42 Å². The Hall–Kier alpha value is -2.46. The first kappa shape index (κ1) is 23.7. The standard InChI is InChI=1S/C24H32N4O4S/c1-26(18-20-6-2-3-7-23(20)27-14-16-32-17-15-27)19-24(29)25-21-8-10-22(11-9-21)33(30,31)28-12-4-5-13-28/h2-3,6-11H,4-5,12-19H2,1H3,(H,25,29). The van der Waals surface area contributed by atoms with Crippen LogP contribution in [-0.4, -0.2) is 76.5 Å². The van der Waals surface area contributed by atoms with Gasteiger partial charge in [-0.3, -0.25) is 9.69 Å². The van der Waals surface area contributed by atoms with Crippen LogP contribution in [0.3, 0.4) is 0 Å². The van der Waals surface area contributed by atoms with Gasteiger partial charge in [0.15, 0.2) is 0 Å². The molecule has 0 aliphatic carbocycles. The average Bonchev–Trinajstić information content (AvgIpc) is 3.36. The molecule has 0 radical (unpaired) electrons. The summed E-state index contributed by atoms with van der Waals surface area (Å²) < 4.78 is 32.3. The maximum Gasteiger partial charge on any atom is 0.243 e. The Bertz CT molecular complexity index is 1050. The Morgan fingerprint density at radius 3 is 2.36 bits per heavy atom. The monoisotopic (exact) mass is 472 g/mol. The number of hydrogen-bond donors (Lipinski definition) is 1. The van der Waals surface area contributed by atoms with Gasteiger partial charge in [-0.05, 0) is 55.8 Å². The lowest BCUT2D eigenvalue weighted by atomic mass is 10.1. The Morgan fingerprint density at radius 1 is 1.00 bits per heavy atom. The van der Waals surface area contributed by atoms with Crippen LogP contribution < -0.4 is 10.2 Å². The second kappa shape index (κ2) is 10.6. The molecule has 2 aromatic rings. The van der Waals surface area contributed by atoms with Crippen LogP contribution >= 0.6 is 0 Å². The van der Waals surface area contributed by atoms with Gasteiger partial charge in [-0.1, -0.05) is 18.2 Å². The minimum atomic E-state index is -3.45. The first-order valence-electron chi connectivity index (χ1n) is 11.4. The maximum atomic E-state index is 12.7. The minimum absolute atomic E-state index is 0.142. The van der Waals surface area contributed by atoms with Gasteiger partial charge < -0.3 is 15.0 Å². The zero-order chi connectivity index (χ0) is 23.3. The Morgan fingerprint density at radius 2 is 1.67 bits per heavy atom. The molecule has 2 aliphatic rings. The fraction of sp³-hybridized carbons (Fsp3) is 0.458. The number of benzene rings is 2. The number of amides is 1. The third-order valence-electron chi connectivity index (χ3n) is 6.04. The number of hydrogen-bond acceptors (Lipinski definition) is 6. The molecule has 33 heavy (non-hydrogen) atoms. The number of morpholine rings is 1. The van der Waals surface area contributed by atoms with Gasteiger partial charge >= 0.3 is 0 Å². The third kappa shape index (κ3) is 5.92. The summed E-state index contributed by atoms with van der Waals surface area (Å²) >= 11 is 0. The van der Waals surface area contributed by atoms with Gasteiger partial charge in [0.1, 0.15) is 0 Å². The fourth-order valence-electron chi connectivity index (χ4n) is 4.34. The van der Waals surface area contributed by atoms with Gasteiger partial charge in [0.05, 0.1) is 24.7 Å². The van der Waals surface area contributed by atoms with Crippen molar-refractivity contribution in [2.45, 2.75) is 24.3 Å². The van der Waals surface area contributed by atoms with E-state index in [0.717, 1.165) is 39.1 Å². The van der Waals surface area contributed by atoms with E-state index in [1.165, 1.54) is 15.6 Å². The van der Waals surface area contributed by atoms with E-state index in [4.69, 9.17) is 4.74 Å². The van der Waals surface area contributed by atoms with Gasteiger partial charge in [-0.15, -0.1) is 0 Å². The molecule has 0 spiro atoms. The summed E-state index contributed by atoms with van der Waals surface area (Å²) in [5, 5.41) is 2.87. The molecule has 2 saturated heterocycles. The lowest BCUT2D eigenvalue weighted by Crippen LogP contribution is -2.37. The van der Waals surface area contributed by atoms with Crippen LogP contribution in [0.1, 0.15) is 18.4 Å². The predicted molar refractivity (Wildman–Crippen MR) is 129 cm³/mol. The molecular weight excluding hydrogens is 440 g/mol. The second-order valence-corrected chi connectivity index (χ2v) is 10.5. The molecule has 9 heteroatoms. The molecule has 0 bridgehead atoms. The number of rotatable bonds is 8. The smallest absolute Gasteiger partial charge is 0.243 e. The number of ether oxygens (including phenoxy) is 1. The van der Waals surface area contributed by atoms with E-state index in [-0.39, 0.29) is 17.3 Å². The summed E-state index contributed by atoms with van der Waals surface area (Å²) in [4.78, 5) is 17.1. The molecule has 1 amide bonds. The number of sulfonamides is 1. The van der Waals surface area contributed by atoms with Crippen LogP contribution in [0.25, 0.3) is 0 Å². The largest absolute Gasteiger partial charge is 0.378 e. The minimum Gasteiger partial charge on any atom is -0.378 e. The van der Waals surface area contributed by atoms with Crippen molar-refractivity contribution in [1.82, 2.24) is 9.21 Å². The number of para-hydroxylation sites is 1. The fourth-order valence-corrected chi connectivity index (χ4v) is 5.85. The summed E-state index contributed by atoms with van der Waals surface area (Å²) in [6, 6.07) is 14.7. The molecule has 0 aromatic heterocycles. The highest BCUT2D eigenvalue weighted by Gasteiger charge is 2.27. The Labute approximate surface area is 196 Å². The summed E-state index contributed by atoms with van der Waals surface area (Å²) in [5.41, 5.74) is 2.94. The molecule has 0 unspecified atom stereocenters. The molecule has 2 heterocycles. The number of anilines is 2. The van der Waals surface area contributed by atoms with E-state index < -0.39 is 10.0 Å². The van der Waals surface area contributed by atoms with E-state index in [0.29, 0.717) is 25.3 Å². The Balaban J connectivity index is 1.33. The van der Waals surface area contributed by atoms with Crippen molar-refractivity contribution in [3.8, 4) is 0 Å². The van der Waals surface area contributed by atoms with Crippen LogP contribution in [0.5, 0.6) is 0 Å². The van der Waals surface area contributed by atoms with E-state index in [1.807, 2.05) is 24.1 Å². The van der Waals surface area contributed by atoms with Crippen molar-refractivity contribution in [1.29, 1.82) is 0 Å². The highest BCUT2D eigenvalue weighted by Crippen LogP contribution is 2.24. The third-order valence-corrected chi connectivity index (χ3v) is 7.95. The number of carbonyl (C=O) groups is 1. The summed E-state index contributed by atoms with van der Waals surface area (Å²) in [6.45, 7) is 5.20. The normalized spacial score (nSPS) is 17.5. The van der Waals surface area contributed by atoms with Crippen LogP contribution in [0.2, 0.25) is 0 Å². The van der Waals surface area contributed by atoms with Gasteiger partial charge in [-0.2, -0.15) is 4.31 Å². The van der Waals surface area contributed by atoms with Gasteiger partial charge in [0, 0.05) is 44.1 Å². The van der Waals surface area contributed by atoms with Crippen LogP contribution in [0.4, 0.5) is 11.4 Å². The van der Waals surface area contributed by atoms with E-state index in [2.05, 4.69) is 22.3 Å². The number of carbonyl (C=O) groups excluding carboxylic acids is 1. The lowest BCUT2D eigenvalue weighted by molar-refractivity contribution is -0.117. The number of likely N-dealkylation sites (N-methyl/N-ethyl adjacent to an activating group) is 1. The summed E-state index contributed by atoms with van der Waals surface area (Å²) in [5.74, 6) is -0.142. The van der Waals surface area contributed by atoms with Crippen molar-refractivity contribution in [2.24, 2.45) is 0 Å². The molecule has 0 atom stereocenters. The molecule has 1 N–H and O–H groups in total. The van der Waals surface area contributed by atoms with E-state index in [1.54, 1.807) is 24.3 Å². The molecule has 4 rings (SSSR count). The maximum absolute atomic E-state index is 12.7. The van der Waals surface area contributed by atoms with Crippen LogP contribution in [0.15, 0.2) is 53.4 Å². The lowest BCUT2D eigenvalue weighted by Gasteiger charge is -2.31. The molecule has 0 saturated carbocycles. The van der Waals surface area contributed by atoms with Crippen molar-refractivity contribution in [3.63, 3.8) is 0 Å². The Kier molecular flexibility index (Phi) is 7.64. The van der Waals surface area contributed by atoms with Crippen molar-refractivity contribution < 1.29 is 17.9 Å². The van der Waals surface area contributed by atoms with Crippen molar-refractivity contribution in [2.75, 3.05) is 63.2 Å². The number of nitrogens with one attached hydrogen (secondary N) is 1. The van der Waals surface area contributed by atoms with E-state index in [9.17, 15) is 13.2 Å². The first-order chi connectivity index (χ1) is 15.9. The predicted octanol–water partition coefficient (Wildman–Crippen LogP) is 2.38. The molecule has 2 aromatic carbocycles. The number of nitrogens with zero attached hydrogens (tertiary/aromatic N) is 3. The van der Waals surface area contributed by atoms with Crippen LogP contribution in [-0.2, 0) is 26.1 Å². The molecule has 2 fully saturated rings. The van der Waals surface area contributed by atoms with Gasteiger partial charge in [0.2, 0.25) is 15.9 Å². The molecule has 178 valence electrons. The highest BCUT2D eigenvalue weighted by molar-refractivity contribution is 7.89. The SMILES string of the molecule is CN(CC(=O)Nc1ccc(S(=O)(=O)N2CCCC2)cc1)Cc1ccccc1N1CCOCC1. The first-order valence-corrected chi connectivity index (χ1v) is 12.9. The van der Waals surface area contributed by atoms with Gasteiger partial charge in [0.25, 0.3) is 0 Å². The summed E-state index contributed by atoms with van der Waals surface area (Å²) in [6.07, 6.45) is 1.80. The summed E-state index contributed by atoms with van der Waals surface area (Å²) in [7, 11) is -1.53. The zero-order valence-corrected chi connectivity index (χ0v) is 19.9. The average molecular weight is 473 g/mol. The van der Waals surface area contributed by atoms with Crippen molar-refractivity contribution >= 4 is 27.3 Å². The second-order valence-electron chi connectivity index (χ2n) is 8.58. The molecule has 8 nitrogen and oxygen atoms in total. The highest BCUT2D eigenvalue weighted by atomic mass is 32.2. The zero-order valence-electron chi connectivity index (χ0n) is 19.1. The molecule has 2 aliphatic heterocycles. The van der Waals surface area contributed by atoms with E-state index >= 15 is 0 Å². The molecular formula is C24H32N4O4S. The topological polar surface area (TPSA) is 82.2 Å². The van der Waals surface area contributed by atoms with Crippen molar-refractivity contribution in [3.05, 3.63) is 54.1 Å². The quantitative estimate of drug-likeness (QED) is 0.635. The van der Waals surface area contributed by atoms with Crippen LogP contribution in [0, 0.1) is 0 Å².